The molecule has 166 valence electrons. The van der Waals surface area contributed by atoms with E-state index in [-0.39, 0.29) is 17.6 Å². The van der Waals surface area contributed by atoms with Gasteiger partial charge in [0.15, 0.2) is 6.61 Å². The number of hydrogen-bond donors (Lipinski definition) is 0. The first-order valence-electron chi connectivity index (χ1n) is 10.8. The van der Waals surface area contributed by atoms with E-state index in [0.717, 1.165) is 22.0 Å². The average Bonchev–Trinajstić information content (AvgIpc) is 3.24. The number of allylic oxidation sites excluding steroid dienone is 2. The summed E-state index contributed by atoms with van der Waals surface area (Å²) in [4.78, 5) is 51.7. The lowest BCUT2D eigenvalue weighted by atomic mass is 9.85. The zero-order valence-electron chi connectivity index (χ0n) is 18.4. The van der Waals surface area contributed by atoms with E-state index in [1.807, 2.05) is 60.9 Å². The number of aryl methyl sites for hydroxylation is 1. The van der Waals surface area contributed by atoms with Crippen LogP contribution in [0.4, 0.5) is 0 Å². The highest BCUT2D eigenvalue weighted by Gasteiger charge is 2.50. The maximum Gasteiger partial charge on any atom is 0.329 e. The number of para-hydroxylation sites is 1. The third-order valence-corrected chi connectivity index (χ3v) is 6.36. The number of likely N-dealkylation sites (tertiary alicyclic amines) is 1. The quantitative estimate of drug-likeness (QED) is 0.302. The topological polar surface area (TPSA) is 85.7 Å². The van der Waals surface area contributed by atoms with E-state index >= 15 is 0 Å². The number of rotatable bonds is 6. The second-order valence-corrected chi connectivity index (χ2v) is 8.36. The molecule has 0 bridgehead atoms. The molecule has 2 aromatic rings. The number of benzene rings is 1. The van der Waals surface area contributed by atoms with Gasteiger partial charge in [0.25, 0.3) is 0 Å². The van der Waals surface area contributed by atoms with Crippen LogP contribution in [0.1, 0.15) is 41.5 Å². The van der Waals surface area contributed by atoms with Crippen LogP contribution in [0.25, 0.3) is 5.69 Å². The van der Waals surface area contributed by atoms with Crippen LogP contribution in [-0.4, -0.2) is 45.7 Å². The van der Waals surface area contributed by atoms with Crippen molar-refractivity contribution in [2.24, 2.45) is 11.8 Å². The summed E-state index contributed by atoms with van der Waals surface area (Å²) in [6, 6.07) is 10.4. The molecule has 7 nitrogen and oxygen atoms in total. The van der Waals surface area contributed by atoms with E-state index in [1.165, 1.54) is 6.92 Å². The van der Waals surface area contributed by atoms with Crippen LogP contribution in [0, 0.1) is 25.7 Å². The van der Waals surface area contributed by atoms with Crippen molar-refractivity contribution in [3.63, 3.8) is 0 Å². The minimum atomic E-state index is -1.06. The number of Topliss-reactive ketones (excluding diaryl/α,β-unsaturated/α-hetero) is 1. The maximum atomic E-state index is 12.8. The Balaban J connectivity index is 1.43. The molecule has 4 rings (SSSR count). The lowest BCUT2D eigenvalue weighted by Gasteiger charge is -2.21. The van der Waals surface area contributed by atoms with Gasteiger partial charge in [-0.15, -0.1) is 0 Å². The second-order valence-electron chi connectivity index (χ2n) is 8.36. The van der Waals surface area contributed by atoms with Crippen molar-refractivity contribution in [1.82, 2.24) is 9.47 Å². The summed E-state index contributed by atoms with van der Waals surface area (Å²) in [5, 5.41) is 0. The van der Waals surface area contributed by atoms with Gasteiger partial charge in [-0.3, -0.25) is 19.3 Å². The fourth-order valence-electron chi connectivity index (χ4n) is 4.67. The molecule has 0 N–H and O–H groups in total. The summed E-state index contributed by atoms with van der Waals surface area (Å²) >= 11 is 0. The van der Waals surface area contributed by atoms with Gasteiger partial charge in [0.1, 0.15) is 6.04 Å². The number of nitrogens with zero attached hydrogens (tertiary/aromatic N) is 2. The van der Waals surface area contributed by atoms with Crippen molar-refractivity contribution in [2.45, 2.75) is 39.7 Å². The van der Waals surface area contributed by atoms with E-state index in [0.29, 0.717) is 18.4 Å². The van der Waals surface area contributed by atoms with Crippen molar-refractivity contribution in [1.29, 1.82) is 0 Å². The Morgan fingerprint density at radius 1 is 1.03 bits per heavy atom. The Kier molecular flexibility index (Phi) is 5.82. The summed E-state index contributed by atoms with van der Waals surface area (Å²) in [6.07, 6.45) is 4.79. The van der Waals surface area contributed by atoms with Crippen molar-refractivity contribution in [3.8, 4) is 5.69 Å². The van der Waals surface area contributed by atoms with Gasteiger partial charge in [0.2, 0.25) is 17.6 Å². The van der Waals surface area contributed by atoms with Gasteiger partial charge in [0.05, 0.1) is 11.8 Å². The number of esters is 1. The standard InChI is InChI=1S/C25H26N2O5/c1-15-13-21(16(2)26(15)18-9-5-4-6-10-18)22(28)14-32-25(31)17(3)27-23(29)19-11-7-8-12-20(19)24(27)30/h4-10,13,17,19-20H,11-12,14H2,1-3H3/t17-,19-,20-/m0/s1. The van der Waals surface area contributed by atoms with Crippen molar-refractivity contribution in [3.05, 3.63) is 65.5 Å². The van der Waals surface area contributed by atoms with Gasteiger partial charge in [-0.05, 0) is 51.8 Å². The van der Waals surface area contributed by atoms with Gasteiger partial charge in [-0.25, -0.2) is 4.79 Å². The Morgan fingerprint density at radius 2 is 1.62 bits per heavy atom. The SMILES string of the molecule is Cc1cc(C(=O)COC(=O)[C@H](C)N2C(=O)[C@H]3CC=CC[C@@H]3C2=O)c(C)n1-c1ccccc1. The summed E-state index contributed by atoms with van der Waals surface area (Å²) < 4.78 is 7.20. The number of carbonyl (C=O) groups is 4. The predicted molar refractivity (Wildman–Crippen MR) is 117 cm³/mol. The third-order valence-electron chi connectivity index (χ3n) is 6.36. The Morgan fingerprint density at radius 3 is 2.22 bits per heavy atom. The van der Waals surface area contributed by atoms with Crippen LogP contribution < -0.4 is 0 Å². The maximum absolute atomic E-state index is 12.8. The minimum absolute atomic E-state index is 0.335. The van der Waals surface area contributed by atoms with Crippen LogP contribution in [0.3, 0.4) is 0 Å². The van der Waals surface area contributed by atoms with E-state index in [1.54, 1.807) is 6.07 Å². The molecule has 0 unspecified atom stereocenters. The zero-order chi connectivity index (χ0) is 23.0. The third kappa shape index (κ3) is 3.68. The van der Waals surface area contributed by atoms with Crippen LogP contribution in [0.15, 0.2) is 48.6 Å². The lowest BCUT2D eigenvalue weighted by molar-refractivity contribution is -0.157. The molecule has 1 aromatic carbocycles. The molecule has 1 aliphatic carbocycles. The van der Waals surface area contributed by atoms with Crippen molar-refractivity contribution >= 4 is 23.6 Å². The Bertz CT molecular complexity index is 1090. The Hall–Kier alpha value is -3.48. The largest absolute Gasteiger partial charge is 0.456 e. The lowest BCUT2D eigenvalue weighted by Crippen LogP contribution is -2.44. The van der Waals surface area contributed by atoms with Crippen molar-refractivity contribution in [2.75, 3.05) is 6.61 Å². The molecule has 2 aliphatic rings. The van der Waals surface area contributed by atoms with Crippen LogP contribution in [0.5, 0.6) is 0 Å². The fourth-order valence-corrected chi connectivity index (χ4v) is 4.67. The molecule has 2 heterocycles. The molecule has 1 aromatic heterocycles. The summed E-state index contributed by atoms with van der Waals surface area (Å²) in [5.41, 5.74) is 3.05. The number of hydrogen-bond acceptors (Lipinski definition) is 5. The Labute approximate surface area is 186 Å². The average molecular weight is 434 g/mol. The van der Waals surface area contributed by atoms with E-state index < -0.39 is 30.5 Å². The zero-order valence-corrected chi connectivity index (χ0v) is 18.4. The monoisotopic (exact) mass is 434 g/mol. The first-order chi connectivity index (χ1) is 15.3. The number of ketones is 1. The van der Waals surface area contributed by atoms with Gasteiger partial charge >= 0.3 is 5.97 Å². The minimum Gasteiger partial charge on any atom is -0.456 e. The molecule has 2 amide bonds. The summed E-state index contributed by atoms with van der Waals surface area (Å²) in [5.74, 6) is -2.60. The van der Waals surface area contributed by atoms with Crippen LogP contribution >= 0.6 is 0 Å². The number of aromatic nitrogens is 1. The molecule has 1 saturated heterocycles. The predicted octanol–water partition coefficient (Wildman–Crippen LogP) is 3.16. The van der Waals surface area contributed by atoms with Gasteiger partial charge in [-0.2, -0.15) is 0 Å². The number of imide groups is 1. The molecule has 1 aliphatic heterocycles. The number of fused-ring (bicyclic) bond motifs is 1. The number of amides is 2. The van der Waals surface area contributed by atoms with E-state index in [2.05, 4.69) is 0 Å². The van der Waals surface area contributed by atoms with Gasteiger partial charge < -0.3 is 9.30 Å². The molecule has 32 heavy (non-hydrogen) atoms. The molecular weight excluding hydrogens is 408 g/mol. The fraction of sp³-hybridized carbons (Fsp3) is 0.360. The van der Waals surface area contributed by atoms with E-state index in [9.17, 15) is 19.2 Å². The molecule has 1 fully saturated rings. The van der Waals surface area contributed by atoms with Gasteiger partial charge in [-0.1, -0.05) is 30.4 Å². The highest BCUT2D eigenvalue weighted by molar-refractivity contribution is 6.08. The number of carbonyl (C=O) groups excluding carboxylic acids is 4. The molecular formula is C25H26N2O5. The van der Waals surface area contributed by atoms with Gasteiger partial charge in [0, 0.05) is 22.6 Å². The van der Waals surface area contributed by atoms with Crippen LogP contribution in [-0.2, 0) is 19.1 Å². The smallest absolute Gasteiger partial charge is 0.329 e. The van der Waals surface area contributed by atoms with Crippen LogP contribution in [0.2, 0.25) is 0 Å². The molecule has 0 spiro atoms. The first kappa shape index (κ1) is 21.7. The second kappa shape index (κ2) is 8.57. The molecule has 0 saturated carbocycles. The highest BCUT2D eigenvalue weighted by atomic mass is 16.5. The van der Waals surface area contributed by atoms with Crippen molar-refractivity contribution < 1.29 is 23.9 Å². The normalized spacial score (nSPS) is 20.9. The number of ether oxygens (including phenoxy) is 1. The summed E-state index contributed by atoms with van der Waals surface area (Å²) in [6.45, 7) is 4.76. The highest BCUT2D eigenvalue weighted by Crippen LogP contribution is 2.36. The molecule has 3 atom stereocenters. The van der Waals surface area contributed by atoms with E-state index in [4.69, 9.17) is 4.74 Å². The first-order valence-corrected chi connectivity index (χ1v) is 10.8. The molecule has 0 radical (unpaired) electrons. The summed E-state index contributed by atoms with van der Waals surface area (Å²) in [7, 11) is 0. The molecule has 7 heteroatoms.